The first kappa shape index (κ1) is 9.72. The number of benzene rings is 1. The standard InChI is InChI=1S/C13H12Br/c1-2-5-13(14)12-9-8-10-6-3-4-7-11(10)12/h2-7,9,12-13H,1H3/b5-2+. The first-order chi connectivity index (χ1) is 6.83. The van der Waals surface area contributed by atoms with Crippen LogP contribution in [0.1, 0.15) is 24.0 Å². The molecule has 0 bridgehead atoms. The van der Waals surface area contributed by atoms with Crippen molar-refractivity contribution in [3.8, 4) is 0 Å². The summed E-state index contributed by atoms with van der Waals surface area (Å²) in [5.74, 6) is 0.433. The van der Waals surface area contributed by atoms with Crippen LogP contribution in [0.25, 0.3) is 0 Å². The third-order valence-corrected chi connectivity index (χ3v) is 3.33. The van der Waals surface area contributed by atoms with Gasteiger partial charge in [0.05, 0.1) is 0 Å². The second kappa shape index (κ2) is 4.14. The van der Waals surface area contributed by atoms with Gasteiger partial charge in [-0.1, -0.05) is 58.4 Å². The van der Waals surface area contributed by atoms with E-state index in [4.69, 9.17) is 0 Å². The monoisotopic (exact) mass is 247 g/mol. The number of hydrogen-bond donors (Lipinski definition) is 0. The van der Waals surface area contributed by atoms with Crippen molar-refractivity contribution in [1.82, 2.24) is 0 Å². The molecule has 71 valence electrons. The summed E-state index contributed by atoms with van der Waals surface area (Å²) in [5.41, 5.74) is 2.60. The van der Waals surface area contributed by atoms with E-state index in [1.54, 1.807) is 0 Å². The highest BCUT2D eigenvalue weighted by molar-refractivity contribution is 9.09. The SMILES string of the molecule is C/C=C/C(Br)C1C=[C]c2ccccc21. The van der Waals surface area contributed by atoms with Crippen LogP contribution < -0.4 is 0 Å². The summed E-state index contributed by atoms with van der Waals surface area (Å²) in [6, 6.07) is 8.43. The third kappa shape index (κ3) is 1.69. The molecule has 1 heteroatoms. The van der Waals surface area contributed by atoms with Crippen LogP contribution in [0, 0.1) is 6.08 Å². The van der Waals surface area contributed by atoms with Gasteiger partial charge < -0.3 is 0 Å². The van der Waals surface area contributed by atoms with E-state index in [-0.39, 0.29) is 0 Å². The highest BCUT2D eigenvalue weighted by Gasteiger charge is 2.21. The smallest absolute Gasteiger partial charge is 0.0429 e. The van der Waals surface area contributed by atoms with Crippen LogP contribution in [0.5, 0.6) is 0 Å². The minimum absolute atomic E-state index is 0.378. The summed E-state index contributed by atoms with van der Waals surface area (Å²) in [6.45, 7) is 2.04. The van der Waals surface area contributed by atoms with Crippen LogP contribution in [0.4, 0.5) is 0 Å². The lowest BCUT2D eigenvalue weighted by Gasteiger charge is -2.13. The maximum Gasteiger partial charge on any atom is 0.0429 e. The molecule has 1 aromatic carbocycles. The fourth-order valence-corrected chi connectivity index (χ4v) is 2.50. The maximum atomic E-state index is 3.68. The molecule has 2 rings (SSSR count). The first-order valence-corrected chi connectivity index (χ1v) is 5.70. The minimum Gasteiger partial charge on any atom is -0.0905 e. The van der Waals surface area contributed by atoms with E-state index in [0.717, 1.165) is 0 Å². The minimum atomic E-state index is 0.378. The van der Waals surface area contributed by atoms with Crippen LogP contribution in [0.3, 0.4) is 0 Å². The third-order valence-electron chi connectivity index (χ3n) is 2.46. The lowest BCUT2D eigenvalue weighted by Crippen LogP contribution is -2.05. The molecule has 0 spiro atoms. The van der Waals surface area contributed by atoms with Crippen molar-refractivity contribution in [2.24, 2.45) is 0 Å². The van der Waals surface area contributed by atoms with E-state index < -0.39 is 0 Å². The molecular weight excluding hydrogens is 236 g/mol. The topological polar surface area (TPSA) is 0 Å². The molecule has 2 atom stereocenters. The highest BCUT2D eigenvalue weighted by atomic mass is 79.9. The summed E-state index contributed by atoms with van der Waals surface area (Å²) < 4.78 is 0. The molecule has 1 aromatic rings. The lowest BCUT2D eigenvalue weighted by atomic mass is 9.97. The molecule has 14 heavy (non-hydrogen) atoms. The van der Waals surface area contributed by atoms with Gasteiger partial charge in [0.15, 0.2) is 0 Å². The van der Waals surface area contributed by atoms with Crippen molar-refractivity contribution in [3.63, 3.8) is 0 Å². The van der Waals surface area contributed by atoms with E-state index in [0.29, 0.717) is 10.7 Å². The molecule has 0 N–H and O–H groups in total. The van der Waals surface area contributed by atoms with Crippen molar-refractivity contribution in [1.29, 1.82) is 0 Å². The molecule has 1 aliphatic rings. The predicted octanol–water partition coefficient (Wildman–Crippen LogP) is 3.83. The van der Waals surface area contributed by atoms with E-state index >= 15 is 0 Å². The van der Waals surface area contributed by atoms with Crippen LogP contribution in [-0.2, 0) is 0 Å². The van der Waals surface area contributed by atoms with Gasteiger partial charge in [-0.25, -0.2) is 0 Å². The number of hydrogen-bond acceptors (Lipinski definition) is 0. The Morgan fingerprint density at radius 3 is 3.00 bits per heavy atom. The van der Waals surface area contributed by atoms with Crippen LogP contribution in [0.2, 0.25) is 0 Å². The molecular formula is C13H12Br. The van der Waals surface area contributed by atoms with Crippen molar-refractivity contribution >= 4 is 15.9 Å². The Bertz CT molecular complexity index is 377. The van der Waals surface area contributed by atoms with E-state index in [1.165, 1.54) is 11.1 Å². The summed E-state index contributed by atoms with van der Waals surface area (Å²) in [5, 5.41) is 0. The molecule has 0 aliphatic heterocycles. The Balaban J connectivity index is 2.30. The molecule has 1 aliphatic carbocycles. The van der Waals surface area contributed by atoms with Crippen molar-refractivity contribution in [3.05, 3.63) is 59.7 Å². The fraction of sp³-hybridized carbons (Fsp3) is 0.231. The zero-order valence-electron chi connectivity index (χ0n) is 8.07. The van der Waals surface area contributed by atoms with Crippen LogP contribution in [-0.4, -0.2) is 4.83 Å². The fourth-order valence-electron chi connectivity index (χ4n) is 1.76. The van der Waals surface area contributed by atoms with Crippen LogP contribution >= 0.6 is 15.9 Å². The second-order valence-electron chi connectivity index (χ2n) is 3.39. The molecule has 0 nitrogen and oxygen atoms in total. The predicted molar refractivity (Wildman–Crippen MR) is 63.6 cm³/mol. The molecule has 0 saturated carbocycles. The number of alkyl halides is 1. The molecule has 0 aromatic heterocycles. The summed E-state index contributed by atoms with van der Waals surface area (Å²) in [4.78, 5) is 0.378. The summed E-state index contributed by atoms with van der Waals surface area (Å²) in [7, 11) is 0. The second-order valence-corrected chi connectivity index (χ2v) is 4.45. The summed E-state index contributed by atoms with van der Waals surface area (Å²) in [6.07, 6.45) is 9.69. The Hall–Kier alpha value is -0.820. The highest BCUT2D eigenvalue weighted by Crippen LogP contribution is 2.34. The molecule has 0 saturated heterocycles. The average Bonchev–Trinajstić information content (AvgIpc) is 2.61. The first-order valence-electron chi connectivity index (χ1n) is 4.78. The molecule has 0 fully saturated rings. The largest absolute Gasteiger partial charge is 0.0905 e. The van der Waals surface area contributed by atoms with Gasteiger partial charge in [-0.05, 0) is 24.1 Å². The zero-order chi connectivity index (χ0) is 9.97. The quantitative estimate of drug-likeness (QED) is 0.551. The average molecular weight is 248 g/mol. The molecule has 0 amide bonds. The van der Waals surface area contributed by atoms with Gasteiger partial charge in [-0.3, -0.25) is 0 Å². The van der Waals surface area contributed by atoms with Crippen LogP contribution in [0.15, 0.2) is 42.5 Å². The van der Waals surface area contributed by atoms with E-state index in [2.05, 4.69) is 64.5 Å². The van der Waals surface area contributed by atoms with Crippen molar-refractivity contribution in [2.75, 3.05) is 0 Å². The van der Waals surface area contributed by atoms with Gasteiger partial charge >= 0.3 is 0 Å². The zero-order valence-corrected chi connectivity index (χ0v) is 9.66. The Labute approximate surface area is 93.5 Å². The van der Waals surface area contributed by atoms with Gasteiger partial charge in [0.25, 0.3) is 0 Å². The van der Waals surface area contributed by atoms with Gasteiger partial charge in [-0.15, -0.1) is 0 Å². The Kier molecular flexibility index (Phi) is 2.87. The van der Waals surface area contributed by atoms with E-state index in [1.807, 2.05) is 6.92 Å². The summed E-state index contributed by atoms with van der Waals surface area (Å²) >= 11 is 3.68. The molecule has 2 unspecified atom stereocenters. The van der Waals surface area contributed by atoms with Gasteiger partial charge in [0.1, 0.15) is 0 Å². The number of halogens is 1. The Morgan fingerprint density at radius 1 is 1.43 bits per heavy atom. The molecule has 0 heterocycles. The number of allylic oxidation sites excluding steroid dienone is 3. The lowest BCUT2D eigenvalue weighted by molar-refractivity contribution is 0.907. The van der Waals surface area contributed by atoms with Gasteiger partial charge in [0, 0.05) is 10.7 Å². The van der Waals surface area contributed by atoms with Gasteiger partial charge in [-0.2, -0.15) is 0 Å². The van der Waals surface area contributed by atoms with Crippen molar-refractivity contribution in [2.45, 2.75) is 17.7 Å². The Morgan fingerprint density at radius 2 is 2.21 bits per heavy atom. The molecule has 1 radical (unpaired) electrons. The van der Waals surface area contributed by atoms with Crippen molar-refractivity contribution < 1.29 is 0 Å². The maximum absolute atomic E-state index is 3.68. The van der Waals surface area contributed by atoms with E-state index in [9.17, 15) is 0 Å². The normalized spacial score (nSPS) is 21.4. The van der Waals surface area contributed by atoms with Gasteiger partial charge in [0.2, 0.25) is 0 Å². The number of rotatable bonds is 2. The number of fused-ring (bicyclic) bond motifs is 1.